The molecule has 6 heteroatoms. The molecule has 1 aliphatic heterocycles. The molecule has 4 atom stereocenters. The van der Waals surface area contributed by atoms with Crippen LogP contribution < -0.4 is 5.73 Å². The summed E-state index contributed by atoms with van der Waals surface area (Å²) in [5.41, 5.74) is 8.23. The molecule has 2 heterocycles. The Balaban J connectivity index is 1.97. The average Bonchev–Trinajstić information content (AvgIpc) is 3.01. The summed E-state index contributed by atoms with van der Waals surface area (Å²) in [5, 5.41) is 10.6. The molecule has 122 valence electrons. The summed E-state index contributed by atoms with van der Waals surface area (Å²) in [4.78, 5) is 20.0. The molecule has 0 aromatic carbocycles. The van der Waals surface area contributed by atoms with Crippen LogP contribution in [0, 0.1) is 12.3 Å². The standard InChI is InChI=1S/C16H25N3O2S/c1-10-14(22-9-18-10)15(21)19-11(8-17)7-16(2)12(19)5-3-4-6-13(16)20/h9,11-13,20H,3-8,17H2,1-2H3/t11-,12-,13-,16-/m1/s1. The van der Waals surface area contributed by atoms with Crippen molar-refractivity contribution in [1.29, 1.82) is 0 Å². The van der Waals surface area contributed by atoms with Crippen LogP contribution in [0.4, 0.5) is 0 Å². The largest absolute Gasteiger partial charge is 0.392 e. The highest BCUT2D eigenvalue weighted by Crippen LogP contribution is 2.48. The summed E-state index contributed by atoms with van der Waals surface area (Å²) < 4.78 is 0. The molecule has 1 saturated carbocycles. The van der Waals surface area contributed by atoms with E-state index in [0.29, 0.717) is 11.4 Å². The van der Waals surface area contributed by atoms with E-state index in [4.69, 9.17) is 5.73 Å². The fourth-order valence-electron chi connectivity index (χ4n) is 4.28. The molecule has 0 unspecified atom stereocenters. The van der Waals surface area contributed by atoms with Gasteiger partial charge in [0.1, 0.15) is 4.88 Å². The Morgan fingerprint density at radius 2 is 2.27 bits per heavy atom. The van der Waals surface area contributed by atoms with Crippen LogP contribution in [-0.4, -0.2) is 45.6 Å². The van der Waals surface area contributed by atoms with Crippen LogP contribution in [0.3, 0.4) is 0 Å². The summed E-state index contributed by atoms with van der Waals surface area (Å²) >= 11 is 1.40. The number of aliphatic hydroxyl groups is 1. The lowest BCUT2D eigenvalue weighted by atomic mass is 9.75. The van der Waals surface area contributed by atoms with Crippen molar-refractivity contribution in [2.75, 3.05) is 6.54 Å². The lowest BCUT2D eigenvalue weighted by Crippen LogP contribution is -2.48. The fraction of sp³-hybridized carbons (Fsp3) is 0.750. The van der Waals surface area contributed by atoms with E-state index in [1.54, 1.807) is 5.51 Å². The van der Waals surface area contributed by atoms with Crippen LogP contribution >= 0.6 is 11.3 Å². The molecule has 1 aromatic rings. The number of nitrogens with two attached hydrogens (primary N) is 1. The molecule has 0 spiro atoms. The lowest BCUT2D eigenvalue weighted by molar-refractivity contribution is 0.0122. The SMILES string of the molecule is Cc1ncsc1C(=O)N1[C@@H](CN)C[C@@]2(C)[C@H](O)CCCC[C@@H]12. The minimum Gasteiger partial charge on any atom is -0.392 e. The first-order valence-electron chi connectivity index (χ1n) is 8.10. The Morgan fingerprint density at radius 1 is 1.55 bits per heavy atom. The van der Waals surface area contributed by atoms with Gasteiger partial charge in [0.15, 0.2) is 0 Å². The van der Waals surface area contributed by atoms with Crippen molar-refractivity contribution in [2.45, 2.75) is 64.1 Å². The molecule has 1 aliphatic carbocycles. The molecule has 5 nitrogen and oxygen atoms in total. The van der Waals surface area contributed by atoms with Gasteiger partial charge in [0, 0.05) is 24.0 Å². The number of nitrogens with zero attached hydrogens (tertiary/aromatic N) is 2. The number of aryl methyl sites for hydroxylation is 1. The summed E-state index contributed by atoms with van der Waals surface area (Å²) in [6.07, 6.45) is 4.30. The maximum Gasteiger partial charge on any atom is 0.266 e. The smallest absolute Gasteiger partial charge is 0.266 e. The van der Waals surface area contributed by atoms with E-state index in [0.717, 1.165) is 37.8 Å². The van der Waals surface area contributed by atoms with Crippen LogP contribution in [-0.2, 0) is 0 Å². The van der Waals surface area contributed by atoms with E-state index in [1.807, 2.05) is 11.8 Å². The first-order chi connectivity index (χ1) is 10.5. The molecule has 0 radical (unpaired) electrons. The molecular formula is C16H25N3O2S. The van der Waals surface area contributed by atoms with Crippen molar-refractivity contribution in [3.05, 3.63) is 16.1 Å². The highest BCUT2D eigenvalue weighted by Gasteiger charge is 2.54. The molecule has 22 heavy (non-hydrogen) atoms. The van der Waals surface area contributed by atoms with Crippen LogP contribution in [0.1, 0.15) is 54.4 Å². The zero-order chi connectivity index (χ0) is 15.9. The van der Waals surface area contributed by atoms with E-state index >= 15 is 0 Å². The van der Waals surface area contributed by atoms with Crippen molar-refractivity contribution >= 4 is 17.2 Å². The molecule has 0 bridgehead atoms. The monoisotopic (exact) mass is 323 g/mol. The molecule has 3 N–H and O–H groups in total. The van der Waals surface area contributed by atoms with Gasteiger partial charge in [-0.05, 0) is 26.2 Å². The Kier molecular flexibility index (Phi) is 4.27. The Labute approximate surface area is 135 Å². The van der Waals surface area contributed by atoms with Crippen LogP contribution in [0.15, 0.2) is 5.51 Å². The number of amides is 1. The Bertz CT molecular complexity index is 561. The van der Waals surface area contributed by atoms with Gasteiger partial charge in [-0.1, -0.05) is 19.8 Å². The van der Waals surface area contributed by atoms with E-state index in [1.165, 1.54) is 11.3 Å². The van der Waals surface area contributed by atoms with Gasteiger partial charge in [-0.3, -0.25) is 4.79 Å². The number of aromatic nitrogens is 1. The van der Waals surface area contributed by atoms with Gasteiger partial charge < -0.3 is 15.7 Å². The number of hydrogen-bond donors (Lipinski definition) is 2. The first kappa shape index (κ1) is 15.9. The summed E-state index contributed by atoms with van der Waals surface area (Å²) in [6.45, 7) is 4.45. The van der Waals surface area contributed by atoms with Crippen molar-refractivity contribution in [1.82, 2.24) is 9.88 Å². The molecule has 1 aromatic heterocycles. The number of fused-ring (bicyclic) bond motifs is 1. The van der Waals surface area contributed by atoms with Gasteiger partial charge in [0.2, 0.25) is 0 Å². The van der Waals surface area contributed by atoms with Crippen LogP contribution in [0.25, 0.3) is 0 Å². The van der Waals surface area contributed by atoms with Gasteiger partial charge in [0.05, 0.1) is 17.3 Å². The normalized spacial score (nSPS) is 35.3. The van der Waals surface area contributed by atoms with Gasteiger partial charge in [0.25, 0.3) is 5.91 Å². The fourth-order valence-corrected chi connectivity index (χ4v) is 5.02. The average molecular weight is 323 g/mol. The lowest BCUT2D eigenvalue weighted by Gasteiger charge is -2.37. The Morgan fingerprint density at radius 3 is 2.91 bits per heavy atom. The van der Waals surface area contributed by atoms with Gasteiger partial charge in [-0.15, -0.1) is 11.3 Å². The number of carbonyl (C=O) groups excluding carboxylic acids is 1. The topological polar surface area (TPSA) is 79.5 Å². The molecule has 2 fully saturated rings. The van der Waals surface area contributed by atoms with Crippen LogP contribution in [0.5, 0.6) is 0 Å². The first-order valence-corrected chi connectivity index (χ1v) is 8.98. The van der Waals surface area contributed by atoms with Crippen molar-refractivity contribution < 1.29 is 9.90 Å². The quantitative estimate of drug-likeness (QED) is 0.871. The molecular weight excluding hydrogens is 298 g/mol. The highest BCUT2D eigenvalue weighted by atomic mass is 32.1. The third kappa shape index (κ3) is 2.37. The minimum absolute atomic E-state index is 0.0109. The van der Waals surface area contributed by atoms with Crippen molar-refractivity contribution in [3.8, 4) is 0 Å². The summed E-state index contributed by atoms with van der Waals surface area (Å²) in [6, 6.07) is 0.0873. The second kappa shape index (κ2) is 5.91. The van der Waals surface area contributed by atoms with E-state index in [2.05, 4.69) is 11.9 Å². The maximum atomic E-state index is 13.1. The zero-order valence-corrected chi connectivity index (χ0v) is 14.1. The molecule has 1 amide bonds. The number of rotatable bonds is 2. The molecule has 1 saturated heterocycles. The van der Waals surface area contributed by atoms with E-state index in [-0.39, 0.29) is 29.5 Å². The predicted molar refractivity (Wildman–Crippen MR) is 86.8 cm³/mol. The van der Waals surface area contributed by atoms with Gasteiger partial charge in [-0.2, -0.15) is 0 Å². The molecule has 3 rings (SSSR count). The van der Waals surface area contributed by atoms with Crippen molar-refractivity contribution in [3.63, 3.8) is 0 Å². The number of likely N-dealkylation sites (tertiary alicyclic amines) is 1. The third-order valence-corrected chi connectivity index (χ3v) is 6.50. The van der Waals surface area contributed by atoms with Crippen LogP contribution in [0.2, 0.25) is 0 Å². The third-order valence-electron chi connectivity index (χ3n) is 5.58. The molecule has 2 aliphatic rings. The second-order valence-corrected chi connectivity index (χ2v) is 7.75. The summed E-state index contributed by atoms with van der Waals surface area (Å²) in [5.74, 6) is 0.0401. The zero-order valence-electron chi connectivity index (χ0n) is 13.3. The Hall–Kier alpha value is -0.980. The van der Waals surface area contributed by atoms with E-state index < -0.39 is 0 Å². The highest BCUT2D eigenvalue weighted by molar-refractivity contribution is 7.11. The maximum absolute atomic E-state index is 13.1. The van der Waals surface area contributed by atoms with Gasteiger partial charge in [-0.25, -0.2) is 4.98 Å². The number of thiazole rings is 1. The predicted octanol–water partition coefficient (Wildman–Crippen LogP) is 1.93. The number of aliphatic hydroxyl groups excluding tert-OH is 1. The number of hydrogen-bond acceptors (Lipinski definition) is 5. The van der Waals surface area contributed by atoms with E-state index in [9.17, 15) is 9.90 Å². The van der Waals surface area contributed by atoms with Crippen molar-refractivity contribution in [2.24, 2.45) is 11.1 Å². The minimum atomic E-state index is -0.352. The second-order valence-electron chi connectivity index (χ2n) is 6.89. The summed E-state index contributed by atoms with van der Waals surface area (Å²) in [7, 11) is 0. The number of carbonyl (C=O) groups is 1. The van der Waals surface area contributed by atoms with Gasteiger partial charge >= 0.3 is 0 Å².